The number of hydrogen-bond donors (Lipinski definition) is 1. The fourth-order valence-electron chi connectivity index (χ4n) is 2.94. The molecular weight excluding hydrogens is 385 g/mol. The summed E-state index contributed by atoms with van der Waals surface area (Å²) < 4.78 is 31.1. The first-order chi connectivity index (χ1) is 12.0. The molecule has 0 aliphatic heterocycles. The van der Waals surface area contributed by atoms with Crippen LogP contribution in [0.15, 0.2) is 30.3 Å². The molecule has 0 saturated carbocycles. The van der Waals surface area contributed by atoms with Gasteiger partial charge in [-0.1, -0.05) is 0 Å². The van der Waals surface area contributed by atoms with Gasteiger partial charge < -0.3 is 0 Å². The van der Waals surface area contributed by atoms with Gasteiger partial charge in [0, 0.05) is 0 Å². The van der Waals surface area contributed by atoms with E-state index >= 15 is 0 Å². The van der Waals surface area contributed by atoms with Crippen LogP contribution in [0.25, 0.3) is 10.9 Å². The van der Waals surface area contributed by atoms with Gasteiger partial charge >= 0.3 is 151 Å². The number of aryl methyl sites for hydroxylation is 2. The van der Waals surface area contributed by atoms with Crippen LogP contribution in [0.5, 0.6) is 17.2 Å². The number of aromatic nitrogens is 1. The molecule has 3 aromatic rings. The molecule has 1 heterocycles. The molecule has 0 bridgehead atoms. The van der Waals surface area contributed by atoms with Gasteiger partial charge in [0.2, 0.25) is 0 Å². The van der Waals surface area contributed by atoms with Crippen LogP contribution in [0, 0.1) is 13.8 Å². The van der Waals surface area contributed by atoms with E-state index < -0.39 is 13.8 Å². The van der Waals surface area contributed by atoms with E-state index in [9.17, 15) is 3.83 Å². The molecule has 132 valence electrons. The summed E-state index contributed by atoms with van der Waals surface area (Å²) in [6.45, 7) is 3.99. The van der Waals surface area contributed by atoms with Crippen molar-refractivity contribution in [2.24, 2.45) is 0 Å². The normalized spacial score (nSPS) is 12.2. The summed E-state index contributed by atoms with van der Waals surface area (Å²) in [5.41, 5.74) is 3.06. The van der Waals surface area contributed by atoms with Crippen molar-refractivity contribution in [3.63, 3.8) is 0 Å². The van der Waals surface area contributed by atoms with Crippen LogP contribution in [0.3, 0.4) is 0 Å². The second-order valence-corrected chi connectivity index (χ2v) is 8.73. The summed E-state index contributed by atoms with van der Waals surface area (Å²) in [6.07, 6.45) is 0. The molecule has 1 atom stereocenters. The SMILES string of the molecule is COc1cc([Se](=O)c2c(C)[nH]c3ccc(C)cc23)cc(OC)c1OC. The molecule has 0 radical (unpaired) electrons. The van der Waals surface area contributed by atoms with Crippen LogP contribution >= 0.6 is 0 Å². The van der Waals surface area contributed by atoms with Crippen molar-refractivity contribution in [1.82, 2.24) is 4.98 Å². The van der Waals surface area contributed by atoms with Crippen molar-refractivity contribution >= 4 is 33.7 Å². The second-order valence-electron chi connectivity index (χ2n) is 5.76. The maximum atomic E-state index is 13.4. The Morgan fingerprint density at radius 2 is 1.56 bits per heavy atom. The zero-order valence-corrected chi connectivity index (χ0v) is 16.6. The van der Waals surface area contributed by atoms with E-state index in [0.29, 0.717) is 21.7 Å². The molecule has 1 unspecified atom stereocenters. The summed E-state index contributed by atoms with van der Waals surface area (Å²) in [5, 5.41) is 1.01. The van der Waals surface area contributed by atoms with E-state index in [1.807, 2.05) is 26.0 Å². The third-order valence-electron chi connectivity index (χ3n) is 4.12. The van der Waals surface area contributed by atoms with Crippen molar-refractivity contribution in [2.75, 3.05) is 21.3 Å². The molecule has 0 aliphatic carbocycles. The zero-order chi connectivity index (χ0) is 18.1. The summed E-state index contributed by atoms with van der Waals surface area (Å²) in [6, 6.07) is 9.68. The Labute approximate surface area is 151 Å². The molecule has 5 nitrogen and oxygen atoms in total. The quantitative estimate of drug-likeness (QED) is 0.661. The third-order valence-corrected chi connectivity index (χ3v) is 7.39. The standard InChI is InChI=1S/C19H21NO4Se/c1-11-6-7-15-14(8-11)19(12(2)20-15)25(21)13-9-16(22-3)18(24-5)17(10-13)23-4/h6-10,20H,1-5H3. The van der Waals surface area contributed by atoms with Crippen LogP contribution in [0.2, 0.25) is 0 Å². The summed E-state index contributed by atoms with van der Waals surface area (Å²) in [7, 11) is 4.67. The maximum absolute atomic E-state index is 13.4. The summed E-state index contributed by atoms with van der Waals surface area (Å²) in [4.78, 5) is 3.33. The van der Waals surface area contributed by atoms with Crippen LogP contribution in [-0.2, 0) is 3.83 Å². The minimum atomic E-state index is -2.53. The summed E-state index contributed by atoms with van der Waals surface area (Å²) in [5.74, 6) is 1.52. The van der Waals surface area contributed by atoms with Crippen molar-refractivity contribution in [3.8, 4) is 17.2 Å². The molecule has 0 saturated heterocycles. The van der Waals surface area contributed by atoms with Gasteiger partial charge in [-0.05, 0) is 0 Å². The number of H-pyrrole nitrogens is 1. The van der Waals surface area contributed by atoms with Gasteiger partial charge in [0.15, 0.2) is 0 Å². The number of benzene rings is 2. The molecule has 25 heavy (non-hydrogen) atoms. The second kappa shape index (κ2) is 6.90. The predicted molar refractivity (Wildman–Crippen MR) is 99.6 cm³/mol. The molecule has 1 aromatic heterocycles. The van der Waals surface area contributed by atoms with E-state index in [0.717, 1.165) is 26.6 Å². The first kappa shape index (κ1) is 17.5. The average molecular weight is 406 g/mol. The Morgan fingerprint density at radius 3 is 2.12 bits per heavy atom. The van der Waals surface area contributed by atoms with E-state index in [2.05, 4.69) is 11.1 Å². The van der Waals surface area contributed by atoms with Crippen molar-refractivity contribution in [2.45, 2.75) is 13.8 Å². The van der Waals surface area contributed by atoms with Gasteiger partial charge in [-0.15, -0.1) is 0 Å². The predicted octanol–water partition coefficient (Wildman–Crippen LogP) is 2.35. The first-order valence-corrected chi connectivity index (χ1v) is 10.2. The molecule has 2 aromatic carbocycles. The molecular formula is C19H21NO4Se. The van der Waals surface area contributed by atoms with Gasteiger partial charge in [0.25, 0.3) is 0 Å². The van der Waals surface area contributed by atoms with E-state index in [-0.39, 0.29) is 0 Å². The fraction of sp³-hybridized carbons (Fsp3) is 0.263. The van der Waals surface area contributed by atoms with Crippen LogP contribution in [0.4, 0.5) is 0 Å². The number of nitrogens with one attached hydrogen (secondary N) is 1. The average Bonchev–Trinajstić information content (AvgIpc) is 2.94. The minimum absolute atomic E-state index is 0.499. The molecule has 0 spiro atoms. The van der Waals surface area contributed by atoms with Gasteiger partial charge in [-0.3, -0.25) is 0 Å². The number of ether oxygens (including phenoxy) is 3. The van der Waals surface area contributed by atoms with Gasteiger partial charge in [0.05, 0.1) is 0 Å². The van der Waals surface area contributed by atoms with Gasteiger partial charge in [-0.2, -0.15) is 0 Å². The first-order valence-electron chi connectivity index (χ1n) is 7.80. The van der Waals surface area contributed by atoms with Crippen LogP contribution in [-0.4, -0.2) is 40.1 Å². The Hall–Kier alpha value is -2.30. The fourth-order valence-corrected chi connectivity index (χ4v) is 5.79. The Bertz CT molecular complexity index is 936. The Kier molecular flexibility index (Phi) is 4.84. The van der Waals surface area contributed by atoms with Gasteiger partial charge in [-0.25, -0.2) is 0 Å². The van der Waals surface area contributed by atoms with Crippen molar-refractivity contribution in [3.05, 3.63) is 41.6 Å². The van der Waals surface area contributed by atoms with E-state index in [1.54, 1.807) is 33.5 Å². The molecule has 3 rings (SSSR count). The monoisotopic (exact) mass is 407 g/mol. The van der Waals surface area contributed by atoms with Crippen LogP contribution in [0.1, 0.15) is 11.3 Å². The zero-order valence-electron chi connectivity index (χ0n) is 14.9. The van der Waals surface area contributed by atoms with Crippen molar-refractivity contribution in [1.29, 1.82) is 0 Å². The number of fused-ring (bicyclic) bond motifs is 1. The van der Waals surface area contributed by atoms with Gasteiger partial charge in [0.1, 0.15) is 0 Å². The van der Waals surface area contributed by atoms with E-state index in [1.165, 1.54) is 0 Å². The molecule has 0 amide bonds. The van der Waals surface area contributed by atoms with Crippen LogP contribution < -0.4 is 23.1 Å². The molecule has 0 aliphatic rings. The topological polar surface area (TPSA) is 60.6 Å². The Morgan fingerprint density at radius 1 is 0.920 bits per heavy atom. The summed E-state index contributed by atoms with van der Waals surface area (Å²) >= 11 is -2.53. The Balaban J connectivity index is 2.19. The van der Waals surface area contributed by atoms with E-state index in [4.69, 9.17) is 14.2 Å². The number of aromatic amines is 1. The number of rotatable bonds is 5. The number of hydrogen-bond acceptors (Lipinski definition) is 4. The molecule has 6 heteroatoms. The molecule has 0 fully saturated rings. The molecule has 1 N–H and O–H groups in total. The third kappa shape index (κ3) is 3.03. The van der Waals surface area contributed by atoms with Crippen molar-refractivity contribution < 1.29 is 18.0 Å². The number of methoxy groups -OCH3 is 3.